The molecule has 1 fully saturated rings. The minimum atomic E-state index is -0.953. The predicted octanol–water partition coefficient (Wildman–Crippen LogP) is 2.20. The monoisotopic (exact) mass is 374 g/mol. The van der Waals surface area contributed by atoms with Gasteiger partial charge in [0.25, 0.3) is 5.91 Å². The van der Waals surface area contributed by atoms with Crippen molar-refractivity contribution in [3.63, 3.8) is 0 Å². The number of benzene rings is 1. The van der Waals surface area contributed by atoms with Crippen molar-refractivity contribution < 1.29 is 9.59 Å². The van der Waals surface area contributed by atoms with Gasteiger partial charge in [0.1, 0.15) is 0 Å². The Morgan fingerprint density at radius 1 is 1.27 bits per heavy atom. The summed E-state index contributed by atoms with van der Waals surface area (Å²) in [7, 11) is 3.98. The lowest BCUT2D eigenvalue weighted by Crippen LogP contribution is -2.58. The molecule has 0 saturated carbocycles. The third-order valence-electron chi connectivity index (χ3n) is 4.17. The smallest absolute Gasteiger partial charge is 0.251 e. The largest absolute Gasteiger partial charge is 0.309 e. The van der Waals surface area contributed by atoms with Gasteiger partial charge in [0.15, 0.2) is 11.0 Å². The molecule has 1 aromatic carbocycles. The average molecular weight is 375 g/mol. The third-order valence-corrected chi connectivity index (χ3v) is 4.45. The first-order valence-electron chi connectivity index (χ1n) is 8.74. The van der Waals surface area contributed by atoms with Crippen molar-refractivity contribution >= 4 is 41.0 Å². The van der Waals surface area contributed by atoms with Crippen molar-refractivity contribution in [3.05, 3.63) is 29.8 Å². The molecule has 1 aromatic rings. The lowest BCUT2D eigenvalue weighted by molar-refractivity contribution is -0.130. The summed E-state index contributed by atoms with van der Waals surface area (Å²) in [6.07, 6.45) is 2.30. The molecular formula is C19H26N4O2S. The molecule has 0 bridgehead atoms. The number of thiocarbonyl (C=S) groups is 1. The molecular weight excluding hydrogens is 348 g/mol. The first kappa shape index (κ1) is 20.2. The zero-order valence-corrected chi connectivity index (χ0v) is 16.5. The first-order chi connectivity index (χ1) is 12.3. The van der Waals surface area contributed by atoms with Gasteiger partial charge in [0.2, 0.25) is 5.91 Å². The number of nitrogens with zero attached hydrogens (tertiary/aromatic N) is 3. The Bertz CT molecular complexity index is 698. The molecule has 1 saturated heterocycles. The molecule has 0 unspecified atom stereocenters. The summed E-state index contributed by atoms with van der Waals surface area (Å²) in [4.78, 5) is 32.7. The number of carbonyl (C=O) groups is 2. The van der Waals surface area contributed by atoms with Crippen LogP contribution < -0.4 is 10.2 Å². The molecule has 26 heavy (non-hydrogen) atoms. The second-order valence-corrected chi connectivity index (χ2v) is 7.29. The summed E-state index contributed by atoms with van der Waals surface area (Å²) < 4.78 is 0. The molecule has 1 aliphatic heterocycles. The predicted molar refractivity (Wildman–Crippen MR) is 109 cm³/mol. The lowest BCUT2D eigenvalue weighted by atomic mass is 10.0. The van der Waals surface area contributed by atoms with E-state index in [1.165, 1.54) is 16.7 Å². The number of anilines is 1. The molecule has 0 aliphatic carbocycles. The van der Waals surface area contributed by atoms with Crippen molar-refractivity contribution in [1.82, 2.24) is 10.2 Å². The highest BCUT2D eigenvalue weighted by Gasteiger charge is 2.38. The fourth-order valence-electron chi connectivity index (χ4n) is 2.63. The molecule has 1 N–H and O–H groups in total. The van der Waals surface area contributed by atoms with E-state index >= 15 is 0 Å². The van der Waals surface area contributed by atoms with Crippen molar-refractivity contribution in [3.8, 4) is 0 Å². The van der Waals surface area contributed by atoms with E-state index in [4.69, 9.17) is 12.2 Å². The Balaban J connectivity index is 2.12. The average Bonchev–Trinajstić information content (AvgIpc) is 2.57. The number of hydrogen-bond donors (Lipinski definition) is 1. The Morgan fingerprint density at radius 3 is 2.50 bits per heavy atom. The molecule has 140 valence electrons. The highest BCUT2D eigenvalue weighted by molar-refractivity contribution is 7.80. The van der Waals surface area contributed by atoms with Crippen LogP contribution in [0.5, 0.6) is 0 Å². The van der Waals surface area contributed by atoms with Gasteiger partial charge in [0, 0.05) is 12.8 Å². The van der Waals surface area contributed by atoms with E-state index in [2.05, 4.69) is 29.1 Å². The van der Waals surface area contributed by atoms with Crippen molar-refractivity contribution in [1.29, 1.82) is 0 Å². The molecule has 7 heteroatoms. The maximum absolute atomic E-state index is 12.8. The van der Waals surface area contributed by atoms with E-state index in [1.54, 1.807) is 0 Å². The Hall–Kier alpha value is -2.12. The zero-order valence-electron chi connectivity index (χ0n) is 15.7. The summed E-state index contributed by atoms with van der Waals surface area (Å²) in [5, 5.41) is 2.71. The van der Waals surface area contributed by atoms with E-state index in [-0.39, 0.29) is 11.0 Å². The molecule has 2 amide bonds. The standard InChI is InChI=1S/C19H26N4O2S/c1-13(2)14-6-8-15(9-7-14)23-18(25)16(17(24)21-19(23)26)12-20-10-5-11-22(3)4/h6-9,12-13,16H,5,10-11H2,1-4H3,(H,21,24,26)/t16-/m0/s1. The minimum Gasteiger partial charge on any atom is -0.309 e. The van der Waals surface area contributed by atoms with E-state index in [0.29, 0.717) is 18.2 Å². The quantitative estimate of drug-likeness (QED) is 0.344. The molecule has 0 aromatic heterocycles. The Kier molecular flexibility index (Phi) is 6.99. The van der Waals surface area contributed by atoms with Crippen LogP contribution in [0.1, 0.15) is 31.7 Å². The number of rotatable bonds is 7. The van der Waals surface area contributed by atoms with Gasteiger partial charge in [-0.1, -0.05) is 26.0 Å². The number of aliphatic imine (C=N–C) groups is 1. The SMILES string of the molecule is CC(C)c1ccc(N2C(=O)[C@@H](C=NCCCN(C)C)C(=O)NC2=S)cc1. The van der Waals surface area contributed by atoms with Gasteiger partial charge in [-0.25, -0.2) is 0 Å². The Labute approximate surface area is 160 Å². The van der Waals surface area contributed by atoms with Crippen molar-refractivity contribution in [2.45, 2.75) is 26.2 Å². The maximum atomic E-state index is 12.8. The van der Waals surface area contributed by atoms with Crippen LogP contribution in [-0.4, -0.2) is 55.2 Å². The van der Waals surface area contributed by atoms with Crippen LogP contribution in [0.3, 0.4) is 0 Å². The van der Waals surface area contributed by atoms with Crippen LogP contribution in [0, 0.1) is 5.92 Å². The summed E-state index contributed by atoms with van der Waals surface area (Å²) in [6.45, 7) is 5.69. The van der Waals surface area contributed by atoms with Gasteiger partial charge in [-0.3, -0.25) is 19.5 Å². The van der Waals surface area contributed by atoms with Gasteiger partial charge in [-0.2, -0.15) is 0 Å². The molecule has 1 aliphatic rings. The van der Waals surface area contributed by atoms with E-state index in [0.717, 1.165) is 13.0 Å². The maximum Gasteiger partial charge on any atom is 0.251 e. The van der Waals surface area contributed by atoms with Gasteiger partial charge in [-0.15, -0.1) is 0 Å². The van der Waals surface area contributed by atoms with Crippen LogP contribution in [0.2, 0.25) is 0 Å². The molecule has 1 atom stereocenters. The zero-order chi connectivity index (χ0) is 19.3. The van der Waals surface area contributed by atoms with Crippen LogP contribution >= 0.6 is 12.2 Å². The summed E-state index contributed by atoms with van der Waals surface area (Å²) in [5.74, 6) is -1.35. The summed E-state index contributed by atoms with van der Waals surface area (Å²) in [6, 6.07) is 7.64. The fraction of sp³-hybridized carbons (Fsp3) is 0.474. The van der Waals surface area contributed by atoms with Gasteiger partial charge >= 0.3 is 0 Å². The van der Waals surface area contributed by atoms with Crippen LogP contribution in [0.25, 0.3) is 0 Å². The van der Waals surface area contributed by atoms with Crippen LogP contribution in [0.15, 0.2) is 29.3 Å². The third kappa shape index (κ3) is 4.95. The highest BCUT2D eigenvalue weighted by Crippen LogP contribution is 2.23. The number of hydrogen-bond acceptors (Lipinski definition) is 5. The lowest BCUT2D eigenvalue weighted by Gasteiger charge is -2.31. The minimum absolute atomic E-state index is 0.106. The topological polar surface area (TPSA) is 65.0 Å². The van der Waals surface area contributed by atoms with Gasteiger partial charge in [0.05, 0.1) is 5.69 Å². The molecule has 0 radical (unpaired) electrons. The highest BCUT2D eigenvalue weighted by atomic mass is 32.1. The summed E-state index contributed by atoms with van der Waals surface area (Å²) in [5.41, 5.74) is 1.82. The number of carbonyl (C=O) groups excluding carboxylic acids is 2. The van der Waals surface area contributed by atoms with Crippen molar-refractivity contribution in [2.75, 3.05) is 32.1 Å². The van der Waals surface area contributed by atoms with Gasteiger partial charge < -0.3 is 10.2 Å². The molecule has 2 rings (SSSR count). The summed E-state index contributed by atoms with van der Waals surface area (Å²) >= 11 is 5.21. The van der Waals surface area contributed by atoms with E-state index in [1.807, 2.05) is 38.4 Å². The van der Waals surface area contributed by atoms with E-state index in [9.17, 15) is 9.59 Å². The first-order valence-corrected chi connectivity index (χ1v) is 9.15. The fourth-order valence-corrected chi connectivity index (χ4v) is 2.93. The molecule has 6 nitrogen and oxygen atoms in total. The van der Waals surface area contributed by atoms with Crippen molar-refractivity contribution in [2.24, 2.45) is 10.9 Å². The van der Waals surface area contributed by atoms with Gasteiger partial charge in [-0.05, 0) is 62.9 Å². The Morgan fingerprint density at radius 2 is 1.92 bits per heavy atom. The molecule has 1 heterocycles. The second kappa shape index (κ2) is 9.00. The van der Waals surface area contributed by atoms with Crippen LogP contribution in [-0.2, 0) is 9.59 Å². The number of nitrogens with one attached hydrogen (secondary N) is 1. The second-order valence-electron chi connectivity index (χ2n) is 6.90. The molecule has 0 spiro atoms. The normalized spacial score (nSPS) is 18.3. The number of amides is 2. The van der Waals surface area contributed by atoms with E-state index < -0.39 is 11.8 Å². The van der Waals surface area contributed by atoms with Crippen LogP contribution in [0.4, 0.5) is 5.69 Å².